The number of pyridine rings is 1. The fourth-order valence-electron chi connectivity index (χ4n) is 2.89. The first kappa shape index (κ1) is 13.5. The number of alkyl halides is 3. The van der Waals surface area contributed by atoms with Crippen LogP contribution in [0.25, 0.3) is 11.0 Å². The maximum absolute atomic E-state index is 12.5. The van der Waals surface area contributed by atoms with E-state index < -0.39 is 12.7 Å². The van der Waals surface area contributed by atoms with E-state index in [1.807, 2.05) is 12.1 Å². The Hall–Kier alpha value is -1.52. The van der Waals surface area contributed by atoms with E-state index in [-0.39, 0.29) is 0 Å². The van der Waals surface area contributed by atoms with Crippen LogP contribution >= 0.6 is 0 Å². The van der Waals surface area contributed by atoms with Crippen LogP contribution < -0.4 is 0 Å². The summed E-state index contributed by atoms with van der Waals surface area (Å²) in [4.78, 5) is 4.48. The molecule has 0 aliphatic heterocycles. The van der Waals surface area contributed by atoms with E-state index in [4.69, 9.17) is 0 Å². The lowest BCUT2D eigenvalue weighted by molar-refractivity contribution is -0.139. The molecule has 5 heteroatoms. The van der Waals surface area contributed by atoms with E-state index in [9.17, 15) is 13.2 Å². The molecule has 0 amide bonds. The van der Waals surface area contributed by atoms with Gasteiger partial charge in [-0.3, -0.25) is 0 Å². The highest BCUT2D eigenvalue weighted by Gasteiger charge is 2.41. The van der Waals surface area contributed by atoms with E-state index in [1.54, 1.807) is 6.07 Å². The molecule has 1 aliphatic carbocycles. The number of hydrogen-bond acceptors (Lipinski definition) is 1. The van der Waals surface area contributed by atoms with Crippen LogP contribution in [0, 0.1) is 11.8 Å². The lowest BCUT2D eigenvalue weighted by Crippen LogP contribution is -2.17. The Morgan fingerprint density at radius 3 is 2.65 bits per heavy atom. The van der Waals surface area contributed by atoms with Crippen molar-refractivity contribution in [3.8, 4) is 0 Å². The molecule has 1 fully saturated rings. The highest BCUT2D eigenvalue weighted by Crippen LogP contribution is 2.51. The predicted molar refractivity (Wildman–Crippen MR) is 71.5 cm³/mol. The minimum Gasteiger partial charge on any atom is -0.323 e. The Morgan fingerprint density at radius 2 is 2.05 bits per heavy atom. The van der Waals surface area contributed by atoms with Gasteiger partial charge >= 0.3 is 6.18 Å². The van der Waals surface area contributed by atoms with Gasteiger partial charge in [0.05, 0.1) is 0 Å². The summed E-state index contributed by atoms with van der Waals surface area (Å²) in [5.74, 6) is 1.62. The fraction of sp³-hybridized carbons (Fsp3) is 0.533. The topological polar surface area (TPSA) is 17.8 Å². The lowest BCUT2D eigenvalue weighted by Gasteiger charge is -2.09. The largest absolute Gasteiger partial charge is 0.406 e. The van der Waals surface area contributed by atoms with Gasteiger partial charge in [0, 0.05) is 23.2 Å². The van der Waals surface area contributed by atoms with Crippen LogP contribution in [0.15, 0.2) is 24.4 Å². The first-order chi connectivity index (χ1) is 9.35. The Kier molecular flexibility index (Phi) is 3.03. The summed E-state index contributed by atoms with van der Waals surface area (Å²) in [5.41, 5.74) is 1.37. The molecule has 1 saturated carbocycles. The third-order valence-corrected chi connectivity index (χ3v) is 4.06. The third-order valence-electron chi connectivity index (χ3n) is 4.06. The molecule has 2 nitrogen and oxygen atoms in total. The van der Waals surface area contributed by atoms with E-state index in [0.29, 0.717) is 23.4 Å². The van der Waals surface area contributed by atoms with Crippen molar-refractivity contribution in [2.45, 2.75) is 38.9 Å². The number of fused-ring (bicyclic) bond motifs is 1. The molecule has 0 unspecified atom stereocenters. The number of aromatic nitrogens is 2. The van der Waals surface area contributed by atoms with Crippen LogP contribution in [0.2, 0.25) is 0 Å². The van der Waals surface area contributed by atoms with Crippen molar-refractivity contribution in [1.29, 1.82) is 0 Å². The summed E-state index contributed by atoms with van der Waals surface area (Å²) >= 11 is 0. The van der Waals surface area contributed by atoms with Gasteiger partial charge < -0.3 is 4.57 Å². The van der Waals surface area contributed by atoms with Gasteiger partial charge in [0.1, 0.15) is 12.2 Å². The Balaban J connectivity index is 1.92. The highest BCUT2D eigenvalue weighted by atomic mass is 19.4. The Labute approximate surface area is 115 Å². The smallest absolute Gasteiger partial charge is 0.323 e. The molecule has 20 heavy (non-hydrogen) atoms. The lowest BCUT2D eigenvalue weighted by atomic mass is 10.1. The van der Waals surface area contributed by atoms with E-state index in [2.05, 4.69) is 18.8 Å². The second-order valence-corrected chi connectivity index (χ2v) is 5.96. The standard InChI is InChI=1S/C15H17F3N2/c1-9(2)11-7-12(11)13-4-3-10-5-6-20(14(10)19-13)8-15(16,17)18/h3-6,9,11-12H,7-8H2,1-2H3/t11-,12+/m1/s1. The molecule has 1 aliphatic rings. The summed E-state index contributed by atoms with van der Waals surface area (Å²) in [6.07, 6.45) is -1.67. The Morgan fingerprint density at radius 1 is 1.30 bits per heavy atom. The average Bonchev–Trinajstić information content (AvgIpc) is 3.06. The van der Waals surface area contributed by atoms with Crippen LogP contribution in [-0.2, 0) is 6.54 Å². The second kappa shape index (κ2) is 4.50. The summed E-state index contributed by atoms with van der Waals surface area (Å²) in [6, 6.07) is 5.51. The molecule has 2 atom stereocenters. The molecule has 0 aromatic carbocycles. The zero-order chi connectivity index (χ0) is 14.5. The molecule has 0 bridgehead atoms. The number of hydrogen-bond donors (Lipinski definition) is 0. The fourth-order valence-corrected chi connectivity index (χ4v) is 2.89. The van der Waals surface area contributed by atoms with Gasteiger partial charge in [-0.25, -0.2) is 4.98 Å². The number of rotatable bonds is 3. The van der Waals surface area contributed by atoms with E-state index in [0.717, 1.165) is 17.5 Å². The SMILES string of the molecule is CC(C)[C@H]1C[C@@H]1c1ccc2ccn(CC(F)(F)F)c2n1. The summed E-state index contributed by atoms with van der Waals surface area (Å²) in [6.45, 7) is 3.37. The molecular weight excluding hydrogens is 265 g/mol. The zero-order valence-electron chi connectivity index (χ0n) is 11.5. The molecule has 0 radical (unpaired) electrons. The molecule has 108 valence electrons. The number of nitrogens with zero attached hydrogens (tertiary/aromatic N) is 2. The quantitative estimate of drug-likeness (QED) is 0.818. The molecule has 0 spiro atoms. The molecule has 2 aromatic rings. The maximum atomic E-state index is 12.5. The zero-order valence-corrected chi connectivity index (χ0v) is 11.5. The normalized spacial score (nSPS) is 22.7. The van der Waals surface area contributed by atoms with Crippen LogP contribution in [0.1, 0.15) is 31.9 Å². The molecule has 0 saturated heterocycles. The molecule has 0 N–H and O–H groups in total. The molecule has 2 aromatic heterocycles. The van der Waals surface area contributed by atoms with Crippen molar-refractivity contribution < 1.29 is 13.2 Å². The number of halogens is 3. The summed E-state index contributed by atoms with van der Waals surface area (Å²) in [5, 5.41) is 0.764. The predicted octanol–water partition coefficient (Wildman–Crippen LogP) is 4.36. The van der Waals surface area contributed by atoms with Gasteiger partial charge in [-0.2, -0.15) is 13.2 Å². The average molecular weight is 282 g/mol. The molecular formula is C15H17F3N2. The minimum atomic E-state index is -4.22. The van der Waals surface area contributed by atoms with Crippen molar-refractivity contribution >= 4 is 11.0 Å². The second-order valence-electron chi connectivity index (χ2n) is 5.96. The van der Waals surface area contributed by atoms with Gasteiger partial charge in [-0.1, -0.05) is 13.8 Å². The molecule has 2 heterocycles. The van der Waals surface area contributed by atoms with Crippen LogP contribution in [0.4, 0.5) is 13.2 Å². The van der Waals surface area contributed by atoms with Crippen molar-refractivity contribution in [2.75, 3.05) is 0 Å². The van der Waals surface area contributed by atoms with E-state index in [1.165, 1.54) is 10.8 Å². The van der Waals surface area contributed by atoms with Crippen LogP contribution in [0.3, 0.4) is 0 Å². The van der Waals surface area contributed by atoms with Crippen LogP contribution in [0.5, 0.6) is 0 Å². The van der Waals surface area contributed by atoms with Gasteiger partial charge in [-0.15, -0.1) is 0 Å². The minimum absolute atomic E-state index is 0.411. The van der Waals surface area contributed by atoms with Crippen molar-refractivity contribution in [3.63, 3.8) is 0 Å². The third kappa shape index (κ3) is 2.53. The summed E-state index contributed by atoms with van der Waals surface area (Å²) in [7, 11) is 0. The monoisotopic (exact) mass is 282 g/mol. The van der Waals surface area contributed by atoms with Crippen molar-refractivity contribution in [1.82, 2.24) is 9.55 Å². The summed E-state index contributed by atoms with van der Waals surface area (Å²) < 4.78 is 38.8. The van der Waals surface area contributed by atoms with Crippen molar-refractivity contribution in [2.24, 2.45) is 11.8 Å². The van der Waals surface area contributed by atoms with Crippen LogP contribution in [-0.4, -0.2) is 15.7 Å². The maximum Gasteiger partial charge on any atom is 0.406 e. The Bertz CT molecular complexity index is 628. The van der Waals surface area contributed by atoms with Gasteiger partial charge in [0.2, 0.25) is 0 Å². The van der Waals surface area contributed by atoms with Crippen molar-refractivity contribution in [3.05, 3.63) is 30.1 Å². The van der Waals surface area contributed by atoms with Gasteiger partial charge in [0.25, 0.3) is 0 Å². The van der Waals surface area contributed by atoms with Gasteiger partial charge in [0.15, 0.2) is 0 Å². The first-order valence-corrected chi connectivity index (χ1v) is 6.87. The highest BCUT2D eigenvalue weighted by molar-refractivity contribution is 5.76. The van der Waals surface area contributed by atoms with Gasteiger partial charge in [-0.05, 0) is 36.5 Å². The van der Waals surface area contributed by atoms with E-state index >= 15 is 0 Å². The molecule has 3 rings (SSSR count). The first-order valence-electron chi connectivity index (χ1n) is 6.87.